The van der Waals surface area contributed by atoms with Gasteiger partial charge in [0.25, 0.3) is 0 Å². The number of hydrogen-bond donors (Lipinski definition) is 3. The van der Waals surface area contributed by atoms with Crippen LogP contribution in [0.1, 0.15) is 13.3 Å². The van der Waals surface area contributed by atoms with Crippen molar-refractivity contribution in [3.63, 3.8) is 0 Å². The first-order valence-electron chi connectivity index (χ1n) is 4.27. The molecule has 4 heteroatoms. The summed E-state index contributed by atoms with van der Waals surface area (Å²) in [6.45, 7) is 4.30. The van der Waals surface area contributed by atoms with Crippen LogP contribution >= 0.6 is 0 Å². The van der Waals surface area contributed by atoms with Gasteiger partial charge in [-0.25, -0.2) is 4.98 Å². The summed E-state index contributed by atoms with van der Waals surface area (Å²) < 4.78 is 0. The van der Waals surface area contributed by atoms with E-state index >= 15 is 0 Å². The summed E-state index contributed by atoms with van der Waals surface area (Å²) in [5, 5.41) is 6.69. The molecular weight excluding hydrogens is 152 g/mol. The number of nitrogens with zero attached hydrogens (tertiary/aromatic N) is 1. The van der Waals surface area contributed by atoms with Crippen LogP contribution in [0.25, 0.3) is 0 Å². The van der Waals surface area contributed by atoms with Gasteiger partial charge in [0.2, 0.25) is 5.95 Å². The molecule has 0 bridgehead atoms. The zero-order chi connectivity index (χ0) is 8.44. The molecule has 3 N–H and O–H groups in total. The van der Waals surface area contributed by atoms with E-state index in [9.17, 15) is 0 Å². The van der Waals surface area contributed by atoms with Gasteiger partial charge in [0, 0.05) is 18.9 Å². The van der Waals surface area contributed by atoms with Gasteiger partial charge in [0.1, 0.15) is 0 Å². The molecule has 4 nitrogen and oxygen atoms in total. The summed E-state index contributed by atoms with van der Waals surface area (Å²) in [5.74, 6) is 0.862. The highest BCUT2D eigenvalue weighted by atomic mass is 15.2. The summed E-state index contributed by atoms with van der Waals surface area (Å²) in [6, 6.07) is 0. The topological polar surface area (TPSA) is 52.7 Å². The lowest BCUT2D eigenvalue weighted by Gasteiger charge is -2.23. The molecule has 1 unspecified atom stereocenters. The van der Waals surface area contributed by atoms with Crippen molar-refractivity contribution in [1.82, 2.24) is 15.3 Å². The maximum atomic E-state index is 4.13. The average Bonchev–Trinajstić information content (AvgIpc) is 2.62. The van der Waals surface area contributed by atoms with Crippen molar-refractivity contribution in [3.8, 4) is 0 Å². The van der Waals surface area contributed by atoms with E-state index in [0.29, 0.717) is 0 Å². The van der Waals surface area contributed by atoms with Crippen molar-refractivity contribution in [2.24, 2.45) is 0 Å². The molecule has 1 aliphatic rings. The van der Waals surface area contributed by atoms with Gasteiger partial charge in [0.05, 0.1) is 5.54 Å². The molecule has 0 spiro atoms. The summed E-state index contributed by atoms with van der Waals surface area (Å²) >= 11 is 0. The van der Waals surface area contributed by atoms with Crippen LogP contribution in [0.5, 0.6) is 0 Å². The number of nitrogens with one attached hydrogen (secondary N) is 3. The monoisotopic (exact) mass is 166 g/mol. The second-order valence-electron chi connectivity index (χ2n) is 3.55. The van der Waals surface area contributed by atoms with E-state index in [1.165, 1.54) is 0 Å². The van der Waals surface area contributed by atoms with Crippen LogP contribution in [-0.4, -0.2) is 28.6 Å². The van der Waals surface area contributed by atoms with Crippen molar-refractivity contribution in [1.29, 1.82) is 0 Å². The highest BCUT2D eigenvalue weighted by Gasteiger charge is 2.28. The molecule has 66 valence electrons. The summed E-state index contributed by atoms with van der Waals surface area (Å²) in [6.07, 6.45) is 4.73. The minimum absolute atomic E-state index is 0.165. The molecule has 1 fully saturated rings. The van der Waals surface area contributed by atoms with E-state index in [1.54, 1.807) is 6.20 Å². The van der Waals surface area contributed by atoms with Crippen LogP contribution in [0.15, 0.2) is 12.4 Å². The fourth-order valence-electron chi connectivity index (χ4n) is 1.54. The van der Waals surface area contributed by atoms with Crippen molar-refractivity contribution >= 4 is 5.95 Å². The Morgan fingerprint density at radius 3 is 3.17 bits per heavy atom. The Bertz CT molecular complexity index is 236. The SMILES string of the molecule is CC1(Nc2ncc[nH]2)CCNC1. The molecule has 0 aliphatic carbocycles. The second kappa shape index (κ2) is 2.79. The van der Waals surface area contributed by atoms with Gasteiger partial charge in [-0.15, -0.1) is 0 Å². The van der Waals surface area contributed by atoms with Gasteiger partial charge in [-0.1, -0.05) is 0 Å². The largest absolute Gasteiger partial charge is 0.349 e. The maximum Gasteiger partial charge on any atom is 0.200 e. The highest BCUT2D eigenvalue weighted by Crippen LogP contribution is 2.17. The molecule has 1 saturated heterocycles. The van der Waals surface area contributed by atoms with Crippen LogP contribution in [0, 0.1) is 0 Å². The normalized spacial score (nSPS) is 29.1. The van der Waals surface area contributed by atoms with Gasteiger partial charge in [0.15, 0.2) is 0 Å². The molecule has 0 amide bonds. The number of rotatable bonds is 2. The van der Waals surface area contributed by atoms with Crippen molar-refractivity contribution in [2.75, 3.05) is 18.4 Å². The zero-order valence-electron chi connectivity index (χ0n) is 7.22. The van der Waals surface area contributed by atoms with E-state index in [0.717, 1.165) is 25.5 Å². The lowest BCUT2D eigenvalue weighted by Crippen LogP contribution is -2.37. The Labute approximate surface area is 71.8 Å². The number of imidazole rings is 1. The minimum Gasteiger partial charge on any atom is -0.349 e. The predicted molar refractivity (Wildman–Crippen MR) is 48.1 cm³/mol. The molecule has 1 aliphatic heterocycles. The van der Waals surface area contributed by atoms with Crippen molar-refractivity contribution in [2.45, 2.75) is 18.9 Å². The van der Waals surface area contributed by atoms with Gasteiger partial charge < -0.3 is 15.6 Å². The number of anilines is 1. The first kappa shape index (κ1) is 7.61. The lowest BCUT2D eigenvalue weighted by molar-refractivity contribution is 0.562. The Morgan fingerprint density at radius 1 is 1.67 bits per heavy atom. The van der Waals surface area contributed by atoms with E-state index in [4.69, 9.17) is 0 Å². The van der Waals surface area contributed by atoms with Gasteiger partial charge in [-0.3, -0.25) is 0 Å². The Balaban J connectivity index is 2.02. The maximum absolute atomic E-state index is 4.13. The highest BCUT2D eigenvalue weighted by molar-refractivity contribution is 5.29. The Hall–Kier alpha value is -1.03. The summed E-state index contributed by atoms with van der Waals surface area (Å²) in [4.78, 5) is 7.17. The molecular formula is C8H14N4. The predicted octanol–water partition coefficient (Wildman–Crippen LogP) is 0.574. The summed E-state index contributed by atoms with van der Waals surface area (Å²) in [5.41, 5.74) is 0.165. The summed E-state index contributed by atoms with van der Waals surface area (Å²) in [7, 11) is 0. The Kier molecular flexibility index (Phi) is 1.77. The molecule has 2 heterocycles. The number of aromatic nitrogens is 2. The lowest BCUT2D eigenvalue weighted by atomic mass is 10.0. The third-order valence-electron chi connectivity index (χ3n) is 2.29. The van der Waals surface area contributed by atoms with E-state index in [2.05, 4.69) is 27.5 Å². The van der Waals surface area contributed by atoms with Crippen LogP contribution in [-0.2, 0) is 0 Å². The average molecular weight is 166 g/mol. The molecule has 0 aromatic carbocycles. The number of H-pyrrole nitrogens is 1. The number of hydrogen-bond acceptors (Lipinski definition) is 3. The molecule has 1 aromatic heterocycles. The molecule has 12 heavy (non-hydrogen) atoms. The Morgan fingerprint density at radius 2 is 2.58 bits per heavy atom. The molecule has 1 aromatic rings. The van der Waals surface area contributed by atoms with Gasteiger partial charge in [-0.2, -0.15) is 0 Å². The van der Waals surface area contributed by atoms with Crippen LogP contribution in [0.3, 0.4) is 0 Å². The van der Waals surface area contributed by atoms with Gasteiger partial charge in [-0.05, 0) is 19.9 Å². The van der Waals surface area contributed by atoms with Gasteiger partial charge >= 0.3 is 0 Å². The molecule has 0 saturated carbocycles. The standard InChI is InChI=1S/C8H14N4/c1-8(2-3-9-6-8)12-7-10-4-5-11-7/h4-5,9H,2-3,6H2,1H3,(H2,10,11,12). The first-order chi connectivity index (χ1) is 5.79. The van der Waals surface area contributed by atoms with E-state index in [1.807, 2.05) is 6.20 Å². The van der Waals surface area contributed by atoms with Crippen molar-refractivity contribution in [3.05, 3.63) is 12.4 Å². The second-order valence-corrected chi connectivity index (χ2v) is 3.55. The van der Waals surface area contributed by atoms with Crippen molar-refractivity contribution < 1.29 is 0 Å². The fourth-order valence-corrected chi connectivity index (χ4v) is 1.54. The van der Waals surface area contributed by atoms with E-state index < -0.39 is 0 Å². The fraction of sp³-hybridized carbons (Fsp3) is 0.625. The first-order valence-corrected chi connectivity index (χ1v) is 4.27. The smallest absolute Gasteiger partial charge is 0.200 e. The number of aromatic amines is 1. The molecule has 2 rings (SSSR count). The third kappa shape index (κ3) is 1.43. The third-order valence-corrected chi connectivity index (χ3v) is 2.29. The molecule has 1 atom stereocenters. The van der Waals surface area contributed by atoms with Crippen LogP contribution in [0.4, 0.5) is 5.95 Å². The van der Waals surface area contributed by atoms with Crippen LogP contribution in [0.2, 0.25) is 0 Å². The quantitative estimate of drug-likeness (QED) is 0.602. The molecule has 0 radical (unpaired) electrons. The minimum atomic E-state index is 0.165. The van der Waals surface area contributed by atoms with E-state index in [-0.39, 0.29) is 5.54 Å². The zero-order valence-corrected chi connectivity index (χ0v) is 7.22. The van der Waals surface area contributed by atoms with Crippen LogP contribution < -0.4 is 10.6 Å².